The molecular formula is C35H62N10O2. The zero-order valence-electron chi connectivity index (χ0n) is 28.5. The molecule has 47 heavy (non-hydrogen) atoms. The lowest BCUT2D eigenvalue weighted by Crippen LogP contribution is -2.41. The monoisotopic (exact) mass is 655 g/mol. The fourth-order valence-corrected chi connectivity index (χ4v) is 6.04. The molecule has 2 heterocycles. The number of hydrogen-bond donors (Lipinski definition) is 10. The van der Waals surface area contributed by atoms with Crippen LogP contribution in [0.25, 0.3) is 0 Å². The van der Waals surface area contributed by atoms with Crippen molar-refractivity contribution in [3.05, 3.63) is 58.7 Å². The summed E-state index contributed by atoms with van der Waals surface area (Å²) in [4.78, 5) is 5.00. The van der Waals surface area contributed by atoms with Crippen LogP contribution in [0.4, 0.5) is 0 Å². The normalized spacial score (nSPS) is 17.7. The van der Waals surface area contributed by atoms with E-state index in [0.29, 0.717) is 37.7 Å². The van der Waals surface area contributed by atoms with Crippen molar-refractivity contribution in [3.63, 3.8) is 0 Å². The fourth-order valence-electron chi connectivity index (χ4n) is 6.04. The molecular weight excluding hydrogens is 592 g/mol. The molecule has 2 aromatic rings. The van der Waals surface area contributed by atoms with Crippen LogP contribution >= 0.6 is 0 Å². The van der Waals surface area contributed by atoms with Gasteiger partial charge in [-0.3, -0.25) is 9.80 Å². The highest BCUT2D eigenvalue weighted by Crippen LogP contribution is 2.23. The van der Waals surface area contributed by atoms with Crippen LogP contribution in [0.1, 0.15) is 28.7 Å². The molecule has 0 amide bonds. The van der Waals surface area contributed by atoms with Crippen LogP contribution in [-0.2, 0) is 26.2 Å². The first kappa shape index (κ1) is 37.5. The van der Waals surface area contributed by atoms with E-state index in [1.807, 2.05) is 36.4 Å². The smallest absolute Gasteiger partial charge is 0.124 e. The van der Waals surface area contributed by atoms with Gasteiger partial charge in [0.25, 0.3) is 0 Å². The SMILES string of the molecule is Oc1c2cccc1CNCCN(CCNCCNCCCNCCNCCN1CCNCc3cccc(c3O)CNCC1)CCNC2. The van der Waals surface area contributed by atoms with Crippen molar-refractivity contribution in [3.8, 4) is 11.5 Å². The van der Waals surface area contributed by atoms with E-state index in [-0.39, 0.29) is 0 Å². The summed E-state index contributed by atoms with van der Waals surface area (Å²) in [5.74, 6) is 0.845. The summed E-state index contributed by atoms with van der Waals surface area (Å²) in [6, 6.07) is 12.0. The lowest BCUT2D eigenvalue weighted by molar-refractivity contribution is 0.270. The first-order chi connectivity index (χ1) is 23.2. The largest absolute Gasteiger partial charge is 0.507 e. The second-order valence-electron chi connectivity index (χ2n) is 12.6. The molecule has 2 aliphatic heterocycles. The highest BCUT2D eigenvalue weighted by molar-refractivity contribution is 5.41. The summed E-state index contributed by atoms with van der Waals surface area (Å²) < 4.78 is 0. The van der Waals surface area contributed by atoms with Crippen LogP contribution in [0.5, 0.6) is 11.5 Å². The minimum absolute atomic E-state index is 0.422. The number of para-hydroxylation sites is 2. The molecule has 0 fully saturated rings. The van der Waals surface area contributed by atoms with E-state index in [0.717, 1.165) is 146 Å². The predicted octanol–water partition coefficient (Wildman–Crippen LogP) is -0.464. The molecule has 0 unspecified atom stereocenters. The molecule has 10 N–H and O–H groups in total. The summed E-state index contributed by atoms with van der Waals surface area (Å²) >= 11 is 0. The van der Waals surface area contributed by atoms with Crippen LogP contribution in [0.3, 0.4) is 0 Å². The van der Waals surface area contributed by atoms with Gasteiger partial charge >= 0.3 is 0 Å². The van der Waals surface area contributed by atoms with Gasteiger partial charge in [-0.15, -0.1) is 0 Å². The number of fused-ring (bicyclic) bond motifs is 4. The summed E-state index contributed by atoms with van der Waals surface area (Å²) in [6.07, 6.45) is 1.13. The van der Waals surface area contributed by atoms with Gasteiger partial charge in [0.2, 0.25) is 0 Å². The van der Waals surface area contributed by atoms with Gasteiger partial charge in [0.05, 0.1) is 0 Å². The molecule has 4 rings (SSSR count). The van der Waals surface area contributed by atoms with Gasteiger partial charge in [-0.05, 0) is 19.5 Å². The van der Waals surface area contributed by atoms with Crippen molar-refractivity contribution >= 4 is 0 Å². The number of nitrogens with one attached hydrogen (secondary N) is 8. The molecule has 0 atom stereocenters. The number of hydrogen-bond acceptors (Lipinski definition) is 12. The lowest BCUT2D eigenvalue weighted by atomic mass is 10.1. The van der Waals surface area contributed by atoms with E-state index < -0.39 is 0 Å². The Morgan fingerprint density at radius 1 is 0.468 bits per heavy atom. The molecule has 12 heteroatoms. The molecule has 264 valence electrons. The Kier molecular flexibility index (Phi) is 18.4. The van der Waals surface area contributed by atoms with Gasteiger partial charge in [-0.2, -0.15) is 0 Å². The standard InChI is InChI=1S/C35H62N10O2/c46-34-30-4-1-5-31(34)27-41-17-23-44(22-16-40-26-30)20-14-38-12-10-36-8-3-9-37-11-13-39-15-21-45-24-18-42-28-32-6-2-7-33(35(32)47)29-43-19-25-45/h1-2,4-7,36-43,46-47H,3,8-29H2. The first-order valence-electron chi connectivity index (χ1n) is 17.9. The Morgan fingerprint density at radius 3 is 1.13 bits per heavy atom. The van der Waals surface area contributed by atoms with Gasteiger partial charge in [0.1, 0.15) is 11.5 Å². The molecule has 2 aliphatic rings. The number of phenolic OH excluding ortho intramolecular Hbond substituents is 2. The molecule has 2 aromatic carbocycles. The summed E-state index contributed by atoms with van der Waals surface area (Å²) in [5.41, 5.74) is 3.88. The number of aromatic hydroxyl groups is 2. The second kappa shape index (κ2) is 23.1. The van der Waals surface area contributed by atoms with E-state index in [1.165, 1.54) is 0 Å². The van der Waals surface area contributed by atoms with Crippen LogP contribution in [0, 0.1) is 0 Å². The van der Waals surface area contributed by atoms with Gasteiger partial charge < -0.3 is 52.7 Å². The van der Waals surface area contributed by atoms with Crippen LogP contribution < -0.4 is 42.5 Å². The Balaban J connectivity index is 0.925. The van der Waals surface area contributed by atoms with Crippen molar-refractivity contribution in [2.24, 2.45) is 0 Å². The van der Waals surface area contributed by atoms with Gasteiger partial charge in [-0.1, -0.05) is 36.4 Å². The quantitative estimate of drug-likeness (QED) is 0.107. The third-order valence-corrected chi connectivity index (χ3v) is 8.96. The second-order valence-corrected chi connectivity index (χ2v) is 12.6. The average Bonchev–Trinajstić information content (AvgIpc) is 3.07. The van der Waals surface area contributed by atoms with Crippen molar-refractivity contribution in [1.82, 2.24) is 52.3 Å². The highest BCUT2D eigenvalue weighted by Gasteiger charge is 2.11. The fraction of sp³-hybridized carbons (Fsp3) is 0.657. The van der Waals surface area contributed by atoms with Crippen molar-refractivity contribution in [1.29, 1.82) is 0 Å². The number of rotatable bonds is 16. The Labute approximate surface area is 282 Å². The number of phenols is 2. The third kappa shape index (κ3) is 14.7. The molecule has 4 bridgehead atoms. The van der Waals surface area contributed by atoms with Crippen LogP contribution in [0.2, 0.25) is 0 Å². The zero-order valence-corrected chi connectivity index (χ0v) is 28.5. The topological polar surface area (TPSA) is 143 Å². The number of nitrogens with zero attached hydrogens (tertiary/aromatic N) is 2. The maximum Gasteiger partial charge on any atom is 0.124 e. The maximum absolute atomic E-state index is 10.4. The van der Waals surface area contributed by atoms with Crippen LogP contribution in [0.15, 0.2) is 36.4 Å². The number of benzene rings is 2. The highest BCUT2D eigenvalue weighted by atomic mass is 16.3. The molecule has 12 nitrogen and oxygen atoms in total. The lowest BCUT2D eigenvalue weighted by Gasteiger charge is -2.24. The minimum Gasteiger partial charge on any atom is -0.507 e. The minimum atomic E-state index is 0.422. The van der Waals surface area contributed by atoms with Crippen molar-refractivity contribution in [2.45, 2.75) is 32.6 Å². The predicted molar refractivity (Wildman–Crippen MR) is 192 cm³/mol. The zero-order chi connectivity index (χ0) is 32.8. The van der Waals surface area contributed by atoms with Crippen molar-refractivity contribution in [2.75, 3.05) is 118 Å². The summed E-state index contributed by atoms with van der Waals surface area (Å²) in [6.45, 7) is 20.5. The molecule has 0 saturated carbocycles. The average molecular weight is 655 g/mol. The van der Waals surface area contributed by atoms with Crippen LogP contribution in [-0.4, -0.2) is 138 Å². The molecule has 0 saturated heterocycles. The molecule has 0 aromatic heterocycles. The summed E-state index contributed by atoms with van der Waals surface area (Å²) in [7, 11) is 0. The van der Waals surface area contributed by atoms with Gasteiger partial charge in [0.15, 0.2) is 0 Å². The molecule has 0 aliphatic carbocycles. The molecule has 0 radical (unpaired) electrons. The third-order valence-electron chi connectivity index (χ3n) is 8.96. The maximum atomic E-state index is 10.4. The summed E-state index contributed by atoms with van der Waals surface area (Å²) in [5, 5.41) is 49.1. The van der Waals surface area contributed by atoms with E-state index in [2.05, 4.69) is 52.3 Å². The van der Waals surface area contributed by atoms with Gasteiger partial charge in [0, 0.05) is 153 Å². The Bertz CT molecular complexity index is 978. The van der Waals surface area contributed by atoms with E-state index in [9.17, 15) is 10.2 Å². The van der Waals surface area contributed by atoms with E-state index in [1.54, 1.807) is 0 Å². The van der Waals surface area contributed by atoms with E-state index in [4.69, 9.17) is 0 Å². The van der Waals surface area contributed by atoms with Gasteiger partial charge in [-0.25, -0.2) is 0 Å². The Hall–Kier alpha value is -2.36. The molecule has 0 spiro atoms. The van der Waals surface area contributed by atoms with E-state index >= 15 is 0 Å². The Morgan fingerprint density at radius 2 is 0.787 bits per heavy atom. The first-order valence-corrected chi connectivity index (χ1v) is 17.9. The van der Waals surface area contributed by atoms with Crippen molar-refractivity contribution < 1.29 is 10.2 Å².